The van der Waals surface area contributed by atoms with Crippen LogP contribution in [0.1, 0.15) is 97.0 Å². The number of piperazine rings is 1. The van der Waals surface area contributed by atoms with Gasteiger partial charge in [0.2, 0.25) is 5.91 Å². The van der Waals surface area contributed by atoms with Crippen LogP contribution in [0.4, 0.5) is 0 Å². The molecule has 0 aromatic rings. The van der Waals surface area contributed by atoms with Crippen LogP contribution in [0.5, 0.6) is 0 Å². The van der Waals surface area contributed by atoms with Crippen LogP contribution in [-0.4, -0.2) is 48.7 Å². The van der Waals surface area contributed by atoms with Gasteiger partial charge in [0, 0.05) is 37.9 Å². The lowest BCUT2D eigenvalue weighted by molar-refractivity contribution is -0.132. The van der Waals surface area contributed by atoms with E-state index in [2.05, 4.69) is 45.9 Å². The third kappa shape index (κ3) is 12.8. The number of rotatable bonds is 12. The summed E-state index contributed by atoms with van der Waals surface area (Å²) in [5.41, 5.74) is 5.13. The van der Waals surface area contributed by atoms with Gasteiger partial charge in [-0.2, -0.15) is 0 Å². The Morgan fingerprint density at radius 1 is 0.700 bits per heavy atom. The Morgan fingerprint density at radius 3 is 1.53 bits per heavy atom. The molecule has 0 spiro atoms. The molecule has 0 unspecified atom stereocenters. The normalized spacial score (nSPS) is 27.4. The Hall–Kier alpha value is -1.61. The second-order valence-electron chi connectivity index (χ2n) is 8.32. The van der Waals surface area contributed by atoms with Crippen molar-refractivity contribution < 1.29 is 15.8 Å². The van der Waals surface area contributed by atoms with E-state index in [1.807, 2.05) is 13.0 Å². The zero-order valence-corrected chi connectivity index (χ0v) is 19.8. The molecule has 3 nitrogen and oxygen atoms in total. The largest absolute Gasteiger partial charge is 0.340 e. The molecule has 0 saturated carbocycles. The molecule has 1 saturated heterocycles. The van der Waals surface area contributed by atoms with Crippen molar-refractivity contribution >= 4 is 5.91 Å². The second kappa shape index (κ2) is 15.2. The minimum atomic E-state index is -3.06. The fourth-order valence-electron chi connectivity index (χ4n) is 2.97. The first-order valence-corrected chi connectivity index (χ1v) is 11.0. The minimum Gasteiger partial charge on any atom is -0.340 e. The fourth-order valence-corrected chi connectivity index (χ4v) is 2.97. The molecule has 1 aliphatic heterocycles. The van der Waals surface area contributed by atoms with Gasteiger partial charge in [0.05, 0.1) is 5.48 Å². The summed E-state index contributed by atoms with van der Waals surface area (Å²) in [6, 6.07) is 0. The minimum absolute atomic E-state index is 0.118. The van der Waals surface area contributed by atoms with E-state index in [1.54, 1.807) is 0 Å². The van der Waals surface area contributed by atoms with E-state index in [0.717, 1.165) is 51.1 Å². The van der Waals surface area contributed by atoms with Gasteiger partial charge >= 0.3 is 0 Å². The van der Waals surface area contributed by atoms with Crippen LogP contribution in [0.3, 0.4) is 0 Å². The Balaban J connectivity index is 2.64. The van der Waals surface area contributed by atoms with Gasteiger partial charge in [-0.15, -0.1) is 0 Å². The van der Waals surface area contributed by atoms with Gasteiger partial charge in [0.1, 0.15) is 0 Å². The van der Waals surface area contributed by atoms with Gasteiger partial charge in [-0.05, 0) is 86.6 Å². The molecule has 1 heterocycles. The van der Waals surface area contributed by atoms with Crippen molar-refractivity contribution in [1.82, 2.24) is 9.80 Å². The standard InChI is InChI=1S/C27H46N2O/c1-23(2)11-7-12-24(3)13-8-14-25(4)15-9-16-26(5)17-10-18-27(30)29-21-19-28(6)20-22-29/h11,13,15,17H,7-10,12,14,16,18-22H2,1-6H3/b24-13+,25-15+,26-17+/i19D2,20D2,21D2,22D2. The smallest absolute Gasteiger partial charge is 0.222 e. The van der Waals surface area contributed by atoms with E-state index in [4.69, 9.17) is 11.0 Å². The van der Waals surface area contributed by atoms with Crippen LogP contribution in [0.15, 0.2) is 46.6 Å². The summed E-state index contributed by atoms with van der Waals surface area (Å²) in [7, 11) is 0.977. The molecule has 3 heteroatoms. The highest BCUT2D eigenvalue weighted by atomic mass is 16.2. The summed E-state index contributed by atoms with van der Waals surface area (Å²) >= 11 is 0. The van der Waals surface area contributed by atoms with Crippen molar-refractivity contribution in [2.45, 2.75) is 86.0 Å². The molecule has 0 N–H and O–H groups in total. The van der Waals surface area contributed by atoms with Crippen LogP contribution in [0.25, 0.3) is 0 Å². The molecule has 0 radical (unpaired) electrons. The van der Waals surface area contributed by atoms with Crippen molar-refractivity contribution in [3.8, 4) is 0 Å². The molecular weight excluding hydrogens is 368 g/mol. The third-order valence-electron chi connectivity index (χ3n) is 4.91. The van der Waals surface area contributed by atoms with Gasteiger partial charge in [-0.3, -0.25) is 4.79 Å². The Bertz CT molecular complexity index is 919. The average Bonchev–Trinajstić information content (AvgIpc) is 2.77. The number of hydrogen-bond acceptors (Lipinski definition) is 2. The fraction of sp³-hybridized carbons (Fsp3) is 0.667. The van der Waals surface area contributed by atoms with Crippen molar-refractivity contribution in [1.29, 1.82) is 0 Å². The SMILES string of the molecule is [2H]C1([2H])N(C)C([2H])([2H])C([2H])([2H])N(C(=O)CC/C=C(\C)CC/C=C(\C)CC/C=C(\C)CCC=C(C)C)C1([2H])[2H]. The molecule has 0 bridgehead atoms. The summed E-state index contributed by atoms with van der Waals surface area (Å²) < 4.78 is 64.9. The zero-order chi connectivity index (χ0) is 29.5. The number of carbonyl (C=O) groups is 1. The molecule has 0 aromatic heterocycles. The van der Waals surface area contributed by atoms with Crippen LogP contribution in [-0.2, 0) is 4.79 Å². The van der Waals surface area contributed by atoms with Crippen molar-refractivity contribution in [3.05, 3.63) is 46.6 Å². The molecule has 0 aromatic carbocycles. The first-order valence-electron chi connectivity index (χ1n) is 15.0. The van der Waals surface area contributed by atoms with Crippen LogP contribution in [0, 0.1) is 0 Å². The number of likely N-dealkylation sites (N-methyl/N-ethyl adjacent to an activating group) is 1. The van der Waals surface area contributed by atoms with E-state index in [9.17, 15) is 4.79 Å². The number of allylic oxidation sites excluding steroid dienone is 8. The van der Waals surface area contributed by atoms with E-state index >= 15 is 0 Å². The lowest BCUT2D eigenvalue weighted by Gasteiger charge is -2.32. The van der Waals surface area contributed by atoms with Crippen molar-refractivity contribution in [3.63, 3.8) is 0 Å². The Morgan fingerprint density at radius 2 is 1.10 bits per heavy atom. The van der Waals surface area contributed by atoms with Crippen LogP contribution >= 0.6 is 0 Å². The van der Waals surface area contributed by atoms with Gasteiger partial charge in [-0.1, -0.05) is 46.6 Å². The lowest BCUT2D eigenvalue weighted by atomic mass is 10.0. The predicted octanol–water partition coefficient (Wildman–Crippen LogP) is 6.69. The van der Waals surface area contributed by atoms with E-state index < -0.39 is 31.9 Å². The van der Waals surface area contributed by atoms with E-state index in [0.29, 0.717) is 4.90 Å². The monoisotopic (exact) mass is 422 g/mol. The maximum absolute atomic E-state index is 12.9. The van der Waals surface area contributed by atoms with Crippen LogP contribution < -0.4 is 0 Å². The molecule has 1 amide bonds. The summed E-state index contributed by atoms with van der Waals surface area (Å²) in [4.78, 5) is 13.4. The van der Waals surface area contributed by atoms with E-state index in [-0.39, 0.29) is 17.7 Å². The third-order valence-corrected chi connectivity index (χ3v) is 4.91. The Kier molecular flexibility index (Phi) is 8.17. The highest BCUT2D eigenvalue weighted by molar-refractivity contribution is 5.76. The molecule has 170 valence electrons. The number of hydrogen-bond donors (Lipinski definition) is 0. The van der Waals surface area contributed by atoms with Gasteiger partial charge in [-0.25, -0.2) is 0 Å². The summed E-state index contributed by atoms with van der Waals surface area (Å²) in [6.45, 7) is -1.50. The van der Waals surface area contributed by atoms with Crippen LogP contribution in [0.2, 0.25) is 0 Å². The maximum Gasteiger partial charge on any atom is 0.222 e. The summed E-state index contributed by atoms with van der Waals surface area (Å²) in [6.07, 6.45) is 14.5. The maximum atomic E-state index is 12.9. The number of amides is 1. The van der Waals surface area contributed by atoms with Gasteiger partial charge in [0.15, 0.2) is 0 Å². The summed E-state index contributed by atoms with van der Waals surface area (Å²) in [5.74, 6) is -0.968. The number of carbonyl (C=O) groups excluding carboxylic acids is 1. The molecule has 0 aliphatic carbocycles. The molecule has 1 aliphatic rings. The summed E-state index contributed by atoms with van der Waals surface area (Å²) in [5, 5.41) is 0. The average molecular weight is 423 g/mol. The zero-order valence-electron chi connectivity index (χ0n) is 27.8. The van der Waals surface area contributed by atoms with Crippen molar-refractivity contribution in [2.75, 3.05) is 33.0 Å². The Labute approximate surface area is 197 Å². The van der Waals surface area contributed by atoms with Gasteiger partial charge in [0.25, 0.3) is 0 Å². The highest BCUT2D eigenvalue weighted by Crippen LogP contribution is 2.14. The quantitative estimate of drug-likeness (QED) is 0.327. The second-order valence-corrected chi connectivity index (χ2v) is 8.32. The topological polar surface area (TPSA) is 23.6 Å². The first-order chi connectivity index (χ1) is 17.3. The lowest BCUT2D eigenvalue weighted by Crippen LogP contribution is -2.47. The number of nitrogens with zero attached hydrogens (tertiary/aromatic N) is 2. The molecule has 1 fully saturated rings. The predicted molar refractivity (Wildman–Crippen MR) is 132 cm³/mol. The van der Waals surface area contributed by atoms with Crippen molar-refractivity contribution in [2.24, 2.45) is 0 Å². The van der Waals surface area contributed by atoms with Gasteiger partial charge < -0.3 is 9.80 Å². The molecule has 1 rings (SSSR count). The van der Waals surface area contributed by atoms with E-state index in [1.165, 1.54) is 16.7 Å². The molecule has 30 heavy (non-hydrogen) atoms. The first kappa shape index (κ1) is 16.1. The molecule has 0 atom stereocenters. The highest BCUT2D eigenvalue weighted by Gasteiger charge is 2.17. The molecular formula is C27H46N2O.